The molecule has 0 atom stereocenters. The number of rotatable bonds is 10. The van der Waals surface area contributed by atoms with Crippen LogP contribution in [0.2, 0.25) is 0 Å². The van der Waals surface area contributed by atoms with Gasteiger partial charge in [0.25, 0.3) is 5.91 Å². The van der Waals surface area contributed by atoms with Gasteiger partial charge < -0.3 is 24.8 Å². The zero-order valence-corrected chi connectivity index (χ0v) is 18.9. The molecule has 0 aliphatic carbocycles. The number of carbonyl (C=O) groups is 1. The van der Waals surface area contributed by atoms with Crippen LogP contribution in [0, 0.1) is 5.82 Å². The second kappa shape index (κ2) is 11.7. The summed E-state index contributed by atoms with van der Waals surface area (Å²) in [6, 6.07) is 10.2. The van der Waals surface area contributed by atoms with E-state index < -0.39 is 0 Å². The number of hydrogen-bond acceptors (Lipinski definition) is 5. The molecule has 32 heavy (non-hydrogen) atoms. The molecule has 0 bridgehead atoms. The summed E-state index contributed by atoms with van der Waals surface area (Å²) in [6.07, 6.45) is 2.71. The number of halogens is 1. The highest BCUT2D eigenvalue weighted by Crippen LogP contribution is 2.29. The minimum atomic E-state index is -0.319. The first-order valence-corrected chi connectivity index (χ1v) is 11.4. The zero-order valence-electron chi connectivity index (χ0n) is 18.9. The van der Waals surface area contributed by atoms with Crippen molar-refractivity contribution in [3.63, 3.8) is 0 Å². The second-order valence-corrected chi connectivity index (χ2v) is 8.05. The van der Waals surface area contributed by atoms with E-state index in [1.807, 2.05) is 24.8 Å². The van der Waals surface area contributed by atoms with E-state index in [-0.39, 0.29) is 24.4 Å². The van der Waals surface area contributed by atoms with E-state index in [1.165, 1.54) is 6.07 Å². The first-order chi connectivity index (χ1) is 15.5. The third kappa shape index (κ3) is 6.36. The molecule has 0 saturated carbocycles. The number of aliphatic hydroxyl groups is 1. The topological polar surface area (TPSA) is 71.0 Å². The molecule has 1 heterocycles. The van der Waals surface area contributed by atoms with Crippen LogP contribution in [0.15, 0.2) is 36.4 Å². The molecule has 7 heteroatoms. The summed E-state index contributed by atoms with van der Waals surface area (Å²) in [4.78, 5) is 14.6. The molecule has 0 radical (unpaired) electrons. The number of carbonyl (C=O) groups excluding carboxylic acids is 1. The largest absolute Gasteiger partial charge is 0.490 e. The van der Waals surface area contributed by atoms with Crippen molar-refractivity contribution >= 4 is 11.6 Å². The molecule has 2 aromatic carbocycles. The number of amides is 1. The Morgan fingerprint density at radius 3 is 2.41 bits per heavy atom. The van der Waals surface area contributed by atoms with E-state index in [9.17, 15) is 14.3 Å². The minimum absolute atomic E-state index is 0.216. The maximum absolute atomic E-state index is 14.6. The lowest BCUT2D eigenvalue weighted by atomic mass is 10.1. The maximum Gasteiger partial charge on any atom is 0.251 e. The number of piperidine rings is 1. The number of nitrogens with zero attached hydrogens (tertiary/aromatic N) is 1. The van der Waals surface area contributed by atoms with Gasteiger partial charge in [0.1, 0.15) is 5.82 Å². The molecule has 6 nitrogen and oxygen atoms in total. The quantitative estimate of drug-likeness (QED) is 0.572. The van der Waals surface area contributed by atoms with Gasteiger partial charge in [-0.25, -0.2) is 4.39 Å². The fraction of sp³-hybridized carbons (Fsp3) is 0.480. The van der Waals surface area contributed by atoms with E-state index >= 15 is 0 Å². The number of nitrogens with one attached hydrogen (secondary N) is 1. The smallest absolute Gasteiger partial charge is 0.251 e. The molecule has 1 aliphatic rings. The van der Waals surface area contributed by atoms with Crippen molar-refractivity contribution in [2.75, 3.05) is 31.2 Å². The SMILES string of the molecule is CCCOc1ccc(C(=O)NCc2ccc(N3CCC(O)CC3)c(F)c2)cc1OCCC. The van der Waals surface area contributed by atoms with Gasteiger partial charge in [-0.05, 0) is 61.6 Å². The molecule has 1 aliphatic heterocycles. The van der Waals surface area contributed by atoms with Gasteiger partial charge in [0.05, 0.1) is 25.0 Å². The number of ether oxygens (including phenoxy) is 2. The van der Waals surface area contributed by atoms with Crippen molar-refractivity contribution in [3.8, 4) is 11.5 Å². The van der Waals surface area contributed by atoms with Crippen molar-refractivity contribution in [3.05, 3.63) is 53.3 Å². The molecule has 1 fully saturated rings. The monoisotopic (exact) mass is 444 g/mol. The Hall–Kier alpha value is -2.80. The van der Waals surface area contributed by atoms with E-state index in [0.717, 1.165) is 12.8 Å². The van der Waals surface area contributed by atoms with Crippen molar-refractivity contribution in [2.24, 2.45) is 0 Å². The standard InChI is InChI=1S/C25H33FN2O4/c1-3-13-31-23-8-6-19(16-24(23)32-14-4-2)25(30)27-17-18-5-7-22(21(26)15-18)28-11-9-20(29)10-12-28/h5-8,15-16,20,29H,3-4,9-14,17H2,1-2H3,(H,27,30). The van der Waals surface area contributed by atoms with E-state index in [0.29, 0.717) is 67.5 Å². The summed E-state index contributed by atoms with van der Waals surface area (Å²) in [5, 5.41) is 12.5. The van der Waals surface area contributed by atoms with Crippen LogP contribution in [0.4, 0.5) is 10.1 Å². The normalized spacial score (nSPS) is 14.3. The molecule has 0 spiro atoms. The van der Waals surface area contributed by atoms with Crippen LogP contribution in [0.25, 0.3) is 0 Å². The molecule has 2 aromatic rings. The van der Waals surface area contributed by atoms with Crippen molar-refractivity contribution in [1.29, 1.82) is 0 Å². The molecule has 3 rings (SSSR count). The molecular formula is C25H33FN2O4. The summed E-state index contributed by atoms with van der Waals surface area (Å²) in [5.41, 5.74) is 1.68. The summed E-state index contributed by atoms with van der Waals surface area (Å²) in [6.45, 7) is 6.64. The highest BCUT2D eigenvalue weighted by Gasteiger charge is 2.20. The summed E-state index contributed by atoms with van der Waals surface area (Å²) in [7, 11) is 0. The number of anilines is 1. The molecule has 174 valence electrons. The first kappa shape index (κ1) is 23.9. The molecule has 1 amide bonds. The van der Waals surface area contributed by atoms with Gasteiger partial charge in [-0.3, -0.25) is 4.79 Å². The lowest BCUT2D eigenvalue weighted by molar-refractivity contribution is 0.0950. The lowest BCUT2D eigenvalue weighted by Crippen LogP contribution is -2.36. The van der Waals surface area contributed by atoms with Gasteiger partial charge in [-0.2, -0.15) is 0 Å². The van der Waals surface area contributed by atoms with E-state index in [4.69, 9.17) is 9.47 Å². The Morgan fingerprint density at radius 2 is 1.75 bits per heavy atom. The van der Waals surface area contributed by atoms with Crippen molar-refractivity contribution < 1.29 is 23.8 Å². The predicted molar refractivity (Wildman–Crippen MR) is 123 cm³/mol. The van der Waals surface area contributed by atoms with Gasteiger partial charge in [-0.15, -0.1) is 0 Å². The predicted octanol–water partition coefficient (Wildman–Crippen LogP) is 4.29. The first-order valence-electron chi connectivity index (χ1n) is 11.4. The average Bonchev–Trinajstić information content (AvgIpc) is 2.81. The molecule has 0 unspecified atom stereocenters. The minimum Gasteiger partial charge on any atom is -0.490 e. The molecule has 2 N–H and O–H groups in total. The summed E-state index contributed by atoms with van der Waals surface area (Å²) < 4.78 is 26.1. The van der Waals surface area contributed by atoms with Crippen molar-refractivity contribution in [1.82, 2.24) is 5.32 Å². The highest BCUT2D eigenvalue weighted by atomic mass is 19.1. The Bertz CT molecular complexity index is 898. The Morgan fingerprint density at radius 1 is 1.06 bits per heavy atom. The van der Waals surface area contributed by atoms with Crippen LogP contribution in [-0.2, 0) is 6.54 Å². The van der Waals surface area contributed by atoms with Crippen LogP contribution in [0.3, 0.4) is 0 Å². The fourth-order valence-corrected chi connectivity index (χ4v) is 3.61. The zero-order chi connectivity index (χ0) is 22.9. The fourth-order valence-electron chi connectivity index (χ4n) is 3.61. The molecular weight excluding hydrogens is 411 g/mol. The van der Waals surface area contributed by atoms with Crippen LogP contribution in [0.1, 0.15) is 55.5 Å². The maximum atomic E-state index is 14.6. The third-order valence-corrected chi connectivity index (χ3v) is 5.40. The highest BCUT2D eigenvalue weighted by molar-refractivity contribution is 5.94. The van der Waals surface area contributed by atoms with Crippen LogP contribution >= 0.6 is 0 Å². The Kier molecular flexibility index (Phi) is 8.73. The van der Waals surface area contributed by atoms with Crippen LogP contribution in [-0.4, -0.2) is 43.4 Å². The van der Waals surface area contributed by atoms with Crippen LogP contribution in [0.5, 0.6) is 11.5 Å². The third-order valence-electron chi connectivity index (χ3n) is 5.40. The van der Waals surface area contributed by atoms with E-state index in [1.54, 1.807) is 24.3 Å². The molecule has 0 aromatic heterocycles. The summed E-state index contributed by atoms with van der Waals surface area (Å²) in [5.74, 6) is 0.596. The van der Waals surface area contributed by atoms with Gasteiger partial charge in [0, 0.05) is 25.2 Å². The molecule has 1 saturated heterocycles. The summed E-state index contributed by atoms with van der Waals surface area (Å²) >= 11 is 0. The van der Waals surface area contributed by atoms with Crippen LogP contribution < -0.4 is 19.7 Å². The lowest BCUT2D eigenvalue weighted by Gasteiger charge is -2.31. The number of hydrogen-bond donors (Lipinski definition) is 2. The van der Waals surface area contributed by atoms with Crippen molar-refractivity contribution in [2.45, 2.75) is 52.2 Å². The van der Waals surface area contributed by atoms with Gasteiger partial charge >= 0.3 is 0 Å². The average molecular weight is 445 g/mol. The van der Waals surface area contributed by atoms with Gasteiger partial charge in [0.2, 0.25) is 0 Å². The Labute approximate surface area is 189 Å². The van der Waals surface area contributed by atoms with E-state index in [2.05, 4.69) is 5.32 Å². The second-order valence-electron chi connectivity index (χ2n) is 8.05. The Balaban J connectivity index is 1.62. The van der Waals surface area contributed by atoms with Gasteiger partial charge in [0.15, 0.2) is 11.5 Å². The number of aliphatic hydroxyl groups excluding tert-OH is 1. The van der Waals surface area contributed by atoms with Gasteiger partial charge in [-0.1, -0.05) is 19.9 Å². The number of benzene rings is 2.